The van der Waals surface area contributed by atoms with E-state index in [1.54, 1.807) is 36.7 Å². The summed E-state index contributed by atoms with van der Waals surface area (Å²) in [6.45, 7) is 3.89. The Morgan fingerprint density at radius 3 is 1.37 bits per heavy atom. The first-order valence-electron chi connectivity index (χ1n) is 8.14. The number of hydrogen-bond donors (Lipinski definition) is 2. The molecular formula is C20H16N8S2. The van der Waals surface area contributed by atoms with Gasteiger partial charge in [0.2, 0.25) is 0 Å². The van der Waals surface area contributed by atoms with E-state index in [1.165, 1.54) is 22.7 Å². The molecule has 0 radical (unpaired) electrons. The third-order valence-electron chi connectivity index (χ3n) is 3.39. The molecule has 2 heterocycles. The molecule has 0 saturated heterocycles. The molecule has 2 aromatic heterocycles. The van der Waals surface area contributed by atoms with Gasteiger partial charge in [0, 0.05) is 22.2 Å². The highest BCUT2D eigenvalue weighted by atomic mass is 32.1. The Morgan fingerprint density at radius 1 is 0.767 bits per heavy atom. The van der Waals surface area contributed by atoms with E-state index in [2.05, 4.69) is 9.98 Å². The molecule has 0 amide bonds. The van der Waals surface area contributed by atoms with E-state index in [-0.39, 0.29) is 22.8 Å². The minimum Gasteiger partial charge on any atom is -0.388 e. The van der Waals surface area contributed by atoms with E-state index < -0.39 is 0 Å². The van der Waals surface area contributed by atoms with Gasteiger partial charge >= 0.3 is 0 Å². The summed E-state index contributed by atoms with van der Waals surface area (Å²) in [5.41, 5.74) is 12.3. The quantitative estimate of drug-likeness (QED) is 0.553. The number of allylic oxidation sites excluding steroid dienone is 4. The van der Waals surface area contributed by atoms with Gasteiger partial charge in [0.25, 0.3) is 0 Å². The van der Waals surface area contributed by atoms with Crippen molar-refractivity contribution in [1.29, 1.82) is 21.0 Å². The van der Waals surface area contributed by atoms with Crippen molar-refractivity contribution in [3.8, 4) is 24.3 Å². The highest BCUT2D eigenvalue weighted by Gasteiger charge is 2.01. The Bertz CT molecular complexity index is 1090. The van der Waals surface area contributed by atoms with Crippen LogP contribution in [-0.2, 0) is 0 Å². The molecule has 10 heteroatoms. The molecule has 8 nitrogen and oxygen atoms in total. The largest absolute Gasteiger partial charge is 0.388 e. The number of nitriles is 4. The summed E-state index contributed by atoms with van der Waals surface area (Å²) >= 11 is 3.03. The molecule has 30 heavy (non-hydrogen) atoms. The molecule has 0 bridgehead atoms. The molecule has 2 rings (SSSR count). The van der Waals surface area contributed by atoms with Gasteiger partial charge in [0.05, 0.1) is 0 Å². The van der Waals surface area contributed by atoms with Gasteiger partial charge < -0.3 is 11.5 Å². The van der Waals surface area contributed by atoms with E-state index in [9.17, 15) is 0 Å². The van der Waals surface area contributed by atoms with Crippen LogP contribution in [-0.4, -0.2) is 12.4 Å². The van der Waals surface area contributed by atoms with Gasteiger partial charge in [-0.1, -0.05) is 0 Å². The lowest BCUT2D eigenvalue weighted by Crippen LogP contribution is -1.97. The lowest BCUT2D eigenvalue weighted by molar-refractivity contribution is 1.27. The first kappa shape index (κ1) is 23.8. The number of hydrogen-bond acceptors (Lipinski definition) is 10. The van der Waals surface area contributed by atoms with Crippen LogP contribution in [0, 0.1) is 59.2 Å². The summed E-state index contributed by atoms with van der Waals surface area (Å²) in [6.07, 6.45) is 3.09. The van der Waals surface area contributed by atoms with Crippen LogP contribution in [0.1, 0.15) is 20.9 Å². The SMILES string of the molecule is Cc1ccsc1C=N/C(C#N)=C(\N)C#N.Cc1ccsc1C=N/C(C#N)=C(\N)C#N. The Morgan fingerprint density at radius 2 is 1.13 bits per heavy atom. The fourth-order valence-corrected chi connectivity index (χ4v) is 3.28. The maximum absolute atomic E-state index is 8.68. The molecule has 0 saturated carbocycles. The number of rotatable bonds is 4. The summed E-state index contributed by atoms with van der Waals surface area (Å²) in [7, 11) is 0. The highest BCUT2D eigenvalue weighted by molar-refractivity contribution is 7.12. The van der Waals surface area contributed by atoms with Crippen molar-refractivity contribution in [2.24, 2.45) is 21.5 Å². The minimum atomic E-state index is -0.164. The number of aryl methyl sites for hydroxylation is 2. The third kappa shape index (κ3) is 7.07. The van der Waals surface area contributed by atoms with Crippen molar-refractivity contribution in [2.45, 2.75) is 13.8 Å². The van der Waals surface area contributed by atoms with Gasteiger partial charge in [-0.25, -0.2) is 9.98 Å². The summed E-state index contributed by atoms with van der Waals surface area (Å²) in [5, 5.41) is 38.2. The lowest BCUT2D eigenvalue weighted by Gasteiger charge is -1.90. The first-order chi connectivity index (χ1) is 14.4. The van der Waals surface area contributed by atoms with E-state index in [0.29, 0.717) is 0 Å². The monoisotopic (exact) mass is 432 g/mol. The summed E-state index contributed by atoms with van der Waals surface area (Å²) in [4.78, 5) is 9.65. The molecule has 148 valence electrons. The summed E-state index contributed by atoms with van der Waals surface area (Å²) in [6, 6.07) is 10.8. The van der Waals surface area contributed by atoms with E-state index >= 15 is 0 Å². The standard InChI is InChI=1S/2C10H8N4S/c2*1-7-2-3-15-10(7)6-14-9(5-12)8(13)4-11/h2*2-3,6H,13H2,1H3/b2*9-8-,14-6?. The Hall–Kier alpha value is -4.22. The molecule has 0 spiro atoms. The topological polar surface area (TPSA) is 172 Å². The molecule has 4 N–H and O–H groups in total. The lowest BCUT2D eigenvalue weighted by atomic mass is 10.3. The molecule has 0 aliphatic rings. The van der Waals surface area contributed by atoms with Crippen LogP contribution in [0.15, 0.2) is 55.7 Å². The van der Waals surface area contributed by atoms with Gasteiger partial charge in [0.15, 0.2) is 11.4 Å². The predicted molar refractivity (Wildman–Crippen MR) is 118 cm³/mol. The van der Waals surface area contributed by atoms with Crippen molar-refractivity contribution < 1.29 is 0 Å². The second-order valence-electron chi connectivity index (χ2n) is 5.42. The van der Waals surface area contributed by atoms with Gasteiger partial charge in [-0.05, 0) is 47.9 Å². The van der Waals surface area contributed by atoms with Crippen molar-refractivity contribution >= 4 is 35.1 Å². The van der Waals surface area contributed by atoms with Gasteiger partial charge in [-0.2, -0.15) is 21.0 Å². The molecule has 0 atom stereocenters. The van der Waals surface area contributed by atoms with Crippen molar-refractivity contribution in [3.63, 3.8) is 0 Å². The Balaban J connectivity index is 0.000000300. The molecule has 0 unspecified atom stereocenters. The zero-order chi connectivity index (χ0) is 22.5. The van der Waals surface area contributed by atoms with Crippen molar-refractivity contribution in [3.05, 3.63) is 66.6 Å². The average molecular weight is 433 g/mol. The maximum atomic E-state index is 8.68. The number of nitrogens with two attached hydrogens (primary N) is 2. The Kier molecular flexibility index (Phi) is 9.75. The van der Waals surface area contributed by atoms with Gasteiger partial charge in [0.1, 0.15) is 35.7 Å². The second kappa shape index (κ2) is 12.3. The first-order valence-corrected chi connectivity index (χ1v) is 9.90. The average Bonchev–Trinajstić information content (AvgIpc) is 3.36. The smallest absolute Gasteiger partial charge is 0.174 e. The van der Waals surface area contributed by atoms with Gasteiger partial charge in [-0.3, -0.25) is 0 Å². The summed E-state index contributed by atoms with van der Waals surface area (Å²) < 4.78 is 0. The van der Waals surface area contributed by atoms with E-state index in [1.807, 2.05) is 36.7 Å². The van der Waals surface area contributed by atoms with Crippen LogP contribution in [0.3, 0.4) is 0 Å². The van der Waals surface area contributed by atoms with Crippen LogP contribution >= 0.6 is 22.7 Å². The van der Waals surface area contributed by atoms with Crippen LogP contribution in [0.4, 0.5) is 0 Å². The fraction of sp³-hybridized carbons (Fsp3) is 0.100. The molecule has 0 aliphatic heterocycles. The zero-order valence-electron chi connectivity index (χ0n) is 16.1. The van der Waals surface area contributed by atoms with Crippen molar-refractivity contribution in [1.82, 2.24) is 0 Å². The molecule has 0 aliphatic carbocycles. The number of aliphatic imine (C=N–C) groups is 2. The maximum Gasteiger partial charge on any atom is 0.174 e. The minimum absolute atomic E-state index is 0.0506. The normalized spacial score (nSPS) is 11.9. The van der Waals surface area contributed by atoms with E-state index in [4.69, 9.17) is 32.5 Å². The van der Waals surface area contributed by atoms with Gasteiger partial charge in [-0.15, -0.1) is 22.7 Å². The zero-order valence-corrected chi connectivity index (χ0v) is 17.8. The van der Waals surface area contributed by atoms with Crippen molar-refractivity contribution in [2.75, 3.05) is 0 Å². The molecule has 2 aromatic rings. The third-order valence-corrected chi connectivity index (χ3v) is 5.30. The second-order valence-corrected chi connectivity index (χ2v) is 7.32. The predicted octanol–water partition coefficient (Wildman–Crippen LogP) is 3.39. The van der Waals surface area contributed by atoms with Crippen LogP contribution in [0.2, 0.25) is 0 Å². The number of thiophene rings is 2. The Labute approximate surface area is 182 Å². The van der Waals surface area contributed by atoms with Crippen LogP contribution in [0.25, 0.3) is 0 Å². The number of nitrogens with zero attached hydrogens (tertiary/aromatic N) is 6. The molecule has 0 fully saturated rings. The molecular weight excluding hydrogens is 416 g/mol. The highest BCUT2D eigenvalue weighted by Crippen LogP contribution is 2.14. The van der Waals surface area contributed by atoms with Crippen LogP contribution in [0.5, 0.6) is 0 Å². The van der Waals surface area contributed by atoms with E-state index in [0.717, 1.165) is 20.9 Å². The molecule has 0 aromatic carbocycles. The summed E-state index contributed by atoms with van der Waals surface area (Å²) in [5.74, 6) is 0. The van der Waals surface area contributed by atoms with Crippen LogP contribution < -0.4 is 11.5 Å². The fourth-order valence-electron chi connectivity index (χ4n) is 1.70.